The summed E-state index contributed by atoms with van der Waals surface area (Å²) in [7, 11) is -2.15. The van der Waals surface area contributed by atoms with Gasteiger partial charge in [-0.3, -0.25) is 10.1 Å². The van der Waals surface area contributed by atoms with Crippen LogP contribution >= 0.6 is 0 Å². The molecular weight excluding hydrogens is 384 g/mol. The third kappa shape index (κ3) is 4.12. The molecule has 0 saturated heterocycles. The number of benzene rings is 2. The van der Waals surface area contributed by atoms with Crippen LogP contribution in [-0.4, -0.2) is 36.5 Å². The number of nitro benzene ring substituents is 1. The van der Waals surface area contributed by atoms with Gasteiger partial charge in [-0.2, -0.15) is 5.10 Å². The Morgan fingerprint density at radius 1 is 1.18 bits per heavy atom. The molecule has 10 heteroatoms. The molecule has 0 radical (unpaired) electrons. The number of nitro groups is 1. The highest BCUT2D eigenvalue weighted by atomic mass is 32.2. The summed E-state index contributed by atoms with van der Waals surface area (Å²) < 4.78 is 30.5. The Bertz CT molecular complexity index is 1110. The third-order valence-electron chi connectivity index (χ3n) is 4.02. The highest BCUT2D eigenvalue weighted by Crippen LogP contribution is 2.32. The first-order valence-corrected chi connectivity index (χ1v) is 10.1. The number of hydrogen-bond donors (Lipinski definition) is 1. The summed E-state index contributed by atoms with van der Waals surface area (Å²) in [5, 5.41) is 18.7. The fourth-order valence-electron chi connectivity index (χ4n) is 2.67. The largest absolute Gasteiger partial charge is 0.497 e. The van der Waals surface area contributed by atoms with Gasteiger partial charge in [-0.25, -0.2) is 13.1 Å². The predicted octanol–water partition coefficient (Wildman–Crippen LogP) is 2.80. The second-order valence-electron chi connectivity index (χ2n) is 5.98. The average Bonchev–Trinajstić information content (AvgIpc) is 3.14. The van der Waals surface area contributed by atoms with Crippen LogP contribution in [0.25, 0.3) is 5.69 Å². The number of aromatic nitrogens is 2. The second kappa shape index (κ2) is 7.69. The van der Waals surface area contributed by atoms with Gasteiger partial charge in [0.15, 0.2) is 9.84 Å². The molecule has 3 aromatic rings. The summed E-state index contributed by atoms with van der Waals surface area (Å²) >= 11 is 0. The zero-order valence-corrected chi connectivity index (χ0v) is 16.0. The molecular formula is C18H18N4O5S. The van der Waals surface area contributed by atoms with Crippen molar-refractivity contribution in [2.24, 2.45) is 0 Å². The number of nitrogens with one attached hydrogen (secondary N) is 1. The van der Waals surface area contributed by atoms with Crippen molar-refractivity contribution in [2.75, 3.05) is 18.7 Å². The topological polar surface area (TPSA) is 116 Å². The van der Waals surface area contributed by atoms with Gasteiger partial charge < -0.3 is 10.1 Å². The minimum absolute atomic E-state index is 0.118. The summed E-state index contributed by atoms with van der Waals surface area (Å²) in [5.74, 6) is 0.732. The molecule has 9 nitrogen and oxygen atoms in total. The van der Waals surface area contributed by atoms with Crippen LogP contribution in [0.3, 0.4) is 0 Å². The summed E-state index contributed by atoms with van der Waals surface area (Å²) in [4.78, 5) is 10.4. The smallest absolute Gasteiger partial charge is 0.310 e. The van der Waals surface area contributed by atoms with Crippen molar-refractivity contribution >= 4 is 21.2 Å². The Labute approximate surface area is 161 Å². The Morgan fingerprint density at radius 3 is 2.50 bits per heavy atom. The van der Waals surface area contributed by atoms with Crippen molar-refractivity contribution in [3.8, 4) is 11.4 Å². The molecule has 0 fully saturated rings. The monoisotopic (exact) mass is 402 g/mol. The molecule has 0 bridgehead atoms. The van der Waals surface area contributed by atoms with Crippen LogP contribution in [0.2, 0.25) is 0 Å². The molecule has 0 unspecified atom stereocenters. The lowest BCUT2D eigenvalue weighted by Crippen LogP contribution is -2.08. The summed E-state index contributed by atoms with van der Waals surface area (Å²) in [5.41, 5.74) is 1.11. The number of nitrogens with zero attached hydrogens (tertiary/aromatic N) is 3. The first-order valence-electron chi connectivity index (χ1n) is 8.20. The van der Waals surface area contributed by atoms with E-state index in [0.717, 1.165) is 17.7 Å². The van der Waals surface area contributed by atoms with E-state index >= 15 is 0 Å². The molecule has 0 atom stereocenters. The van der Waals surface area contributed by atoms with Gasteiger partial charge >= 0.3 is 5.69 Å². The third-order valence-corrected chi connectivity index (χ3v) is 5.15. The lowest BCUT2D eigenvalue weighted by atomic mass is 10.2. The minimum Gasteiger partial charge on any atom is -0.497 e. The number of ether oxygens (including phenoxy) is 1. The highest BCUT2D eigenvalue weighted by molar-refractivity contribution is 7.90. The fourth-order valence-corrected chi connectivity index (χ4v) is 3.53. The average molecular weight is 402 g/mol. The zero-order valence-electron chi connectivity index (χ0n) is 15.2. The van der Waals surface area contributed by atoms with Gasteiger partial charge in [0.1, 0.15) is 16.3 Å². The van der Waals surface area contributed by atoms with Crippen LogP contribution in [0.1, 0.15) is 5.69 Å². The second-order valence-corrected chi connectivity index (χ2v) is 7.97. The van der Waals surface area contributed by atoms with E-state index in [1.807, 2.05) is 24.3 Å². The Morgan fingerprint density at radius 2 is 1.89 bits per heavy atom. The molecule has 0 aliphatic heterocycles. The SMILES string of the molecule is COc1ccc(-n2ccc(CNc3cccc(S(C)(=O)=O)c3[N+](=O)[O-])n2)cc1. The van der Waals surface area contributed by atoms with Gasteiger partial charge in [0.25, 0.3) is 0 Å². The van der Waals surface area contributed by atoms with Gasteiger partial charge in [0.2, 0.25) is 0 Å². The van der Waals surface area contributed by atoms with Crippen LogP contribution in [0, 0.1) is 10.1 Å². The Hall–Kier alpha value is -3.40. The van der Waals surface area contributed by atoms with Crippen molar-refractivity contribution in [1.29, 1.82) is 0 Å². The maximum absolute atomic E-state index is 11.8. The maximum Gasteiger partial charge on any atom is 0.310 e. The first-order chi connectivity index (χ1) is 13.3. The van der Waals surface area contributed by atoms with Gasteiger partial charge in [-0.1, -0.05) is 6.07 Å². The van der Waals surface area contributed by atoms with Crippen molar-refractivity contribution < 1.29 is 18.1 Å². The van der Waals surface area contributed by atoms with E-state index in [1.165, 1.54) is 18.2 Å². The normalized spacial score (nSPS) is 11.2. The molecule has 1 N–H and O–H groups in total. The number of para-hydroxylation sites is 1. The first kappa shape index (κ1) is 19.4. The van der Waals surface area contributed by atoms with Crippen LogP contribution in [0.5, 0.6) is 5.75 Å². The van der Waals surface area contributed by atoms with Crippen LogP contribution in [-0.2, 0) is 16.4 Å². The molecule has 3 rings (SSSR count). The molecule has 0 amide bonds. The predicted molar refractivity (Wildman–Crippen MR) is 104 cm³/mol. The van der Waals surface area contributed by atoms with E-state index in [2.05, 4.69) is 10.4 Å². The van der Waals surface area contributed by atoms with E-state index in [4.69, 9.17) is 4.74 Å². The van der Waals surface area contributed by atoms with Crippen molar-refractivity contribution in [2.45, 2.75) is 11.4 Å². The van der Waals surface area contributed by atoms with E-state index < -0.39 is 20.4 Å². The lowest BCUT2D eigenvalue weighted by Gasteiger charge is -2.08. The van der Waals surface area contributed by atoms with Gasteiger partial charge in [-0.05, 0) is 42.5 Å². The number of anilines is 1. The van der Waals surface area contributed by atoms with Crippen LogP contribution in [0.15, 0.2) is 59.6 Å². The van der Waals surface area contributed by atoms with E-state index in [-0.39, 0.29) is 17.1 Å². The molecule has 0 aliphatic rings. The van der Waals surface area contributed by atoms with Crippen molar-refractivity contribution in [3.63, 3.8) is 0 Å². The molecule has 2 aromatic carbocycles. The quantitative estimate of drug-likeness (QED) is 0.477. The van der Waals surface area contributed by atoms with Gasteiger partial charge in [0, 0.05) is 12.5 Å². The van der Waals surface area contributed by atoms with E-state index in [1.54, 1.807) is 24.1 Å². The zero-order chi connectivity index (χ0) is 20.3. The van der Waals surface area contributed by atoms with Crippen LogP contribution < -0.4 is 10.1 Å². The van der Waals surface area contributed by atoms with Crippen LogP contribution in [0.4, 0.5) is 11.4 Å². The lowest BCUT2D eigenvalue weighted by molar-refractivity contribution is -0.386. The molecule has 1 aromatic heterocycles. The standard InChI is InChI=1S/C18H18N4O5S/c1-27-15-8-6-14(7-9-15)21-11-10-13(20-21)12-19-16-4-3-5-17(28(2,25)26)18(16)22(23)24/h3-11,19H,12H2,1-2H3. The number of rotatable bonds is 7. The Kier molecular flexibility index (Phi) is 5.32. The molecule has 146 valence electrons. The molecule has 0 aliphatic carbocycles. The number of hydrogen-bond acceptors (Lipinski definition) is 7. The number of methoxy groups -OCH3 is 1. The summed E-state index contributed by atoms with van der Waals surface area (Å²) in [6.45, 7) is 0.192. The fraction of sp³-hybridized carbons (Fsp3) is 0.167. The van der Waals surface area contributed by atoms with E-state index in [0.29, 0.717) is 5.69 Å². The minimum atomic E-state index is -3.73. The molecule has 0 spiro atoms. The molecule has 1 heterocycles. The van der Waals surface area contributed by atoms with Gasteiger partial charge in [0.05, 0.1) is 30.0 Å². The van der Waals surface area contributed by atoms with Gasteiger partial charge in [-0.15, -0.1) is 0 Å². The molecule has 0 saturated carbocycles. The van der Waals surface area contributed by atoms with Crippen molar-refractivity contribution in [3.05, 3.63) is 70.5 Å². The summed E-state index contributed by atoms with van der Waals surface area (Å²) in [6, 6.07) is 13.2. The maximum atomic E-state index is 11.8. The number of sulfone groups is 1. The van der Waals surface area contributed by atoms with Crippen molar-refractivity contribution in [1.82, 2.24) is 9.78 Å². The Balaban J connectivity index is 1.81. The summed E-state index contributed by atoms with van der Waals surface area (Å²) in [6.07, 6.45) is 2.70. The molecule has 28 heavy (non-hydrogen) atoms. The van der Waals surface area contributed by atoms with E-state index in [9.17, 15) is 18.5 Å². The highest BCUT2D eigenvalue weighted by Gasteiger charge is 2.26.